The molecule has 1 rings (SSSR count). The van der Waals surface area contributed by atoms with Gasteiger partial charge in [0.1, 0.15) is 5.75 Å². The molecule has 0 aromatic heterocycles. The smallest absolute Gasteiger partial charge is 0.125 e. The van der Waals surface area contributed by atoms with E-state index in [0.29, 0.717) is 0 Å². The van der Waals surface area contributed by atoms with Crippen molar-refractivity contribution in [1.82, 2.24) is 0 Å². The molecule has 0 aliphatic rings. The number of hydrogen-bond acceptors (Lipinski definition) is 2. The molecule has 0 saturated carbocycles. The second-order valence-electron chi connectivity index (χ2n) is 3.32. The van der Waals surface area contributed by atoms with Crippen LogP contribution in [0, 0.1) is 0 Å². The number of halogens is 1. The third-order valence-corrected chi connectivity index (χ3v) is 2.42. The molecule has 1 aromatic carbocycles. The van der Waals surface area contributed by atoms with Crippen molar-refractivity contribution < 1.29 is 4.74 Å². The Balaban J connectivity index is 2.91. The average molecular weight is 258 g/mol. The van der Waals surface area contributed by atoms with Gasteiger partial charge in [-0.2, -0.15) is 0 Å². The van der Waals surface area contributed by atoms with Gasteiger partial charge in [-0.15, -0.1) is 0 Å². The molecule has 1 aromatic rings. The lowest BCUT2D eigenvalue weighted by Gasteiger charge is -2.13. The lowest BCUT2D eigenvalue weighted by molar-refractivity contribution is 0.312. The zero-order valence-electron chi connectivity index (χ0n) is 8.59. The predicted molar refractivity (Wildman–Crippen MR) is 62.5 cm³/mol. The molecule has 3 heteroatoms. The molecular formula is C11H16BrNO. The predicted octanol–water partition coefficient (Wildman–Crippen LogP) is 3.26. The molecule has 0 aliphatic carbocycles. The summed E-state index contributed by atoms with van der Waals surface area (Å²) in [4.78, 5) is 0. The van der Waals surface area contributed by atoms with Crippen LogP contribution in [-0.2, 0) is 0 Å². The summed E-state index contributed by atoms with van der Waals surface area (Å²) in [6.07, 6.45) is 1.00. The first-order chi connectivity index (χ1) is 6.65. The maximum atomic E-state index is 5.84. The Labute approximate surface area is 93.6 Å². The first kappa shape index (κ1) is 11.5. The van der Waals surface area contributed by atoms with E-state index in [1.807, 2.05) is 25.1 Å². The lowest BCUT2D eigenvalue weighted by atomic mass is 10.1. The topological polar surface area (TPSA) is 35.2 Å². The molecule has 2 nitrogen and oxygen atoms in total. The van der Waals surface area contributed by atoms with Crippen LogP contribution in [0.2, 0.25) is 0 Å². The summed E-state index contributed by atoms with van der Waals surface area (Å²) in [5, 5.41) is 0. The average Bonchev–Trinajstić information content (AvgIpc) is 2.14. The Morgan fingerprint density at radius 3 is 2.79 bits per heavy atom. The molecular weight excluding hydrogens is 242 g/mol. The van der Waals surface area contributed by atoms with Crippen LogP contribution < -0.4 is 10.5 Å². The number of ether oxygens (including phenoxy) is 1. The van der Waals surface area contributed by atoms with E-state index in [0.717, 1.165) is 28.8 Å². The van der Waals surface area contributed by atoms with Crippen LogP contribution in [0.4, 0.5) is 0 Å². The van der Waals surface area contributed by atoms with Crippen LogP contribution in [0.15, 0.2) is 22.7 Å². The van der Waals surface area contributed by atoms with Crippen molar-refractivity contribution in [2.24, 2.45) is 5.73 Å². The van der Waals surface area contributed by atoms with E-state index < -0.39 is 0 Å². The van der Waals surface area contributed by atoms with Gasteiger partial charge in [-0.3, -0.25) is 0 Å². The third kappa shape index (κ3) is 3.00. The third-order valence-electron chi connectivity index (χ3n) is 1.93. The highest BCUT2D eigenvalue weighted by atomic mass is 79.9. The van der Waals surface area contributed by atoms with Crippen LogP contribution in [-0.4, -0.2) is 6.61 Å². The summed E-state index contributed by atoms with van der Waals surface area (Å²) in [5.74, 6) is 0.885. The fourth-order valence-corrected chi connectivity index (χ4v) is 1.56. The summed E-state index contributed by atoms with van der Waals surface area (Å²) < 4.78 is 6.64. The van der Waals surface area contributed by atoms with E-state index in [2.05, 4.69) is 22.9 Å². The fraction of sp³-hybridized carbons (Fsp3) is 0.455. The summed E-state index contributed by atoms with van der Waals surface area (Å²) in [6, 6.07) is 5.96. The van der Waals surface area contributed by atoms with Gasteiger partial charge < -0.3 is 10.5 Å². The Morgan fingerprint density at radius 2 is 2.21 bits per heavy atom. The molecule has 0 spiro atoms. The summed E-state index contributed by atoms with van der Waals surface area (Å²) in [5.41, 5.74) is 6.90. The van der Waals surface area contributed by atoms with Gasteiger partial charge in [0.2, 0.25) is 0 Å². The highest BCUT2D eigenvalue weighted by molar-refractivity contribution is 9.10. The SMILES string of the molecule is CCCOc1cc(Br)ccc1[C@@H](C)N. The zero-order chi connectivity index (χ0) is 10.6. The molecule has 1 atom stereocenters. The highest BCUT2D eigenvalue weighted by Gasteiger charge is 2.07. The summed E-state index contributed by atoms with van der Waals surface area (Å²) in [6.45, 7) is 4.78. The highest BCUT2D eigenvalue weighted by Crippen LogP contribution is 2.27. The van der Waals surface area contributed by atoms with Gasteiger partial charge in [0.25, 0.3) is 0 Å². The van der Waals surface area contributed by atoms with Crippen molar-refractivity contribution in [3.63, 3.8) is 0 Å². The van der Waals surface area contributed by atoms with Gasteiger partial charge >= 0.3 is 0 Å². The maximum Gasteiger partial charge on any atom is 0.125 e. The second kappa shape index (κ2) is 5.37. The van der Waals surface area contributed by atoms with Crippen molar-refractivity contribution in [3.05, 3.63) is 28.2 Å². The molecule has 78 valence electrons. The van der Waals surface area contributed by atoms with E-state index in [9.17, 15) is 0 Å². The molecule has 0 aliphatic heterocycles. The van der Waals surface area contributed by atoms with Crippen LogP contribution in [0.3, 0.4) is 0 Å². The van der Waals surface area contributed by atoms with Crippen molar-refractivity contribution in [3.8, 4) is 5.75 Å². The Morgan fingerprint density at radius 1 is 1.50 bits per heavy atom. The number of rotatable bonds is 4. The van der Waals surface area contributed by atoms with Crippen LogP contribution >= 0.6 is 15.9 Å². The second-order valence-corrected chi connectivity index (χ2v) is 4.23. The maximum absolute atomic E-state index is 5.84. The van der Waals surface area contributed by atoms with Gasteiger partial charge in [0.15, 0.2) is 0 Å². The number of benzene rings is 1. The molecule has 2 N–H and O–H groups in total. The molecule has 0 amide bonds. The Kier molecular flexibility index (Phi) is 4.42. The first-order valence-electron chi connectivity index (χ1n) is 4.83. The minimum Gasteiger partial charge on any atom is -0.493 e. The van der Waals surface area contributed by atoms with Crippen molar-refractivity contribution in [1.29, 1.82) is 0 Å². The van der Waals surface area contributed by atoms with Gasteiger partial charge in [0.05, 0.1) is 6.61 Å². The van der Waals surface area contributed by atoms with Crippen LogP contribution in [0.5, 0.6) is 5.75 Å². The number of hydrogen-bond donors (Lipinski definition) is 1. The monoisotopic (exact) mass is 257 g/mol. The molecule has 0 unspecified atom stereocenters. The van der Waals surface area contributed by atoms with Gasteiger partial charge in [0, 0.05) is 16.1 Å². The molecule has 0 radical (unpaired) electrons. The Hall–Kier alpha value is -0.540. The quantitative estimate of drug-likeness (QED) is 0.899. The lowest BCUT2D eigenvalue weighted by Crippen LogP contribution is -2.08. The van der Waals surface area contributed by atoms with E-state index in [-0.39, 0.29) is 6.04 Å². The van der Waals surface area contributed by atoms with E-state index >= 15 is 0 Å². The van der Waals surface area contributed by atoms with Crippen molar-refractivity contribution in [2.75, 3.05) is 6.61 Å². The normalized spacial score (nSPS) is 12.6. The van der Waals surface area contributed by atoms with E-state index in [4.69, 9.17) is 10.5 Å². The molecule has 0 heterocycles. The van der Waals surface area contributed by atoms with Crippen molar-refractivity contribution >= 4 is 15.9 Å². The fourth-order valence-electron chi connectivity index (χ4n) is 1.22. The minimum atomic E-state index is 0.00922. The largest absolute Gasteiger partial charge is 0.493 e. The zero-order valence-corrected chi connectivity index (χ0v) is 10.2. The summed E-state index contributed by atoms with van der Waals surface area (Å²) in [7, 11) is 0. The van der Waals surface area contributed by atoms with Gasteiger partial charge in [-0.25, -0.2) is 0 Å². The molecule has 0 bridgehead atoms. The van der Waals surface area contributed by atoms with E-state index in [1.54, 1.807) is 0 Å². The molecule has 14 heavy (non-hydrogen) atoms. The van der Waals surface area contributed by atoms with Crippen LogP contribution in [0.1, 0.15) is 31.9 Å². The van der Waals surface area contributed by atoms with Crippen molar-refractivity contribution in [2.45, 2.75) is 26.3 Å². The van der Waals surface area contributed by atoms with Crippen LogP contribution in [0.25, 0.3) is 0 Å². The van der Waals surface area contributed by atoms with Gasteiger partial charge in [-0.1, -0.05) is 28.9 Å². The molecule has 0 fully saturated rings. The standard InChI is InChI=1S/C11H16BrNO/c1-3-6-14-11-7-9(12)4-5-10(11)8(2)13/h4-5,7-8H,3,6,13H2,1-2H3/t8-/m1/s1. The Bertz CT molecular complexity index is 299. The first-order valence-corrected chi connectivity index (χ1v) is 5.62. The summed E-state index contributed by atoms with van der Waals surface area (Å²) >= 11 is 3.42. The number of nitrogens with two attached hydrogens (primary N) is 1. The van der Waals surface area contributed by atoms with Gasteiger partial charge in [-0.05, 0) is 25.5 Å². The minimum absolute atomic E-state index is 0.00922. The van der Waals surface area contributed by atoms with E-state index in [1.165, 1.54) is 0 Å². The molecule has 0 saturated heterocycles.